The predicted octanol–water partition coefficient (Wildman–Crippen LogP) is 3.42. The van der Waals surface area contributed by atoms with Gasteiger partial charge in [-0.05, 0) is 58.7 Å². The number of hydrogen-bond donors (Lipinski definition) is 0. The molecule has 1 aliphatic rings. The maximum Gasteiger partial charge on any atom is 0.243 e. The minimum Gasteiger partial charge on any atom is -0.496 e. The summed E-state index contributed by atoms with van der Waals surface area (Å²) in [6.45, 7) is 3.62. The number of anilines is 1. The van der Waals surface area contributed by atoms with Crippen molar-refractivity contribution < 1.29 is 17.5 Å². The number of hydrogen-bond acceptors (Lipinski definition) is 4. The molecule has 0 bridgehead atoms. The molecule has 1 heterocycles. The van der Waals surface area contributed by atoms with Crippen LogP contribution in [0, 0.1) is 12.7 Å². The average Bonchev–Trinajstić information content (AvgIpc) is 2.62. The van der Waals surface area contributed by atoms with Crippen LogP contribution in [0.1, 0.15) is 5.56 Å². The highest BCUT2D eigenvalue weighted by Crippen LogP contribution is 2.32. The number of rotatable bonds is 4. The number of ether oxygens (including phenoxy) is 1. The summed E-state index contributed by atoms with van der Waals surface area (Å²) >= 11 is 3.38. The lowest BCUT2D eigenvalue weighted by molar-refractivity contribution is 0.383. The van der Waals surface area contributed by atoms with Gasteiger partial charge in [-0.1, -0.05) is 0 Å². The SMILES string of the molecule is COc1cc(S(=O)(=O)N2CCN(c3ccc(F)cc3)CC2)c(C)cc1Br. The Balaban J connectivity index is 1.79. The summed E-state index contributed by atoms with van der Waals surface area (Å²) < 4.78 is 46.6. The molecule has 1 saturated heterocycles. The molecule has 140 valence electrons. The van der Waals surface area contributed by atoms with Gasteiger partial charge in [0.2, 0.25) is 10.0 Å². The number of methoxy groups -OCH3 is 1. The Morgan fingerprint density at radius 3 is 2.27 bits per heavy atom. The molecule has 0 radical (unpaired) electrons. The first-order chi connectivity index (χ1) is 12.3. The number of nitrogens with zero attached hydrogens (tertiary/aromatic N) is 2. The van der Waals surface area contributed by atoms with Crippen LogP contribution in [0.25, 0.3) is 0 Å². The van der Waals surface area contributed by atoms with Gasteiger partial charge in [0.05, 0.1) is 16.5 Å². The molecule has 0 aromatic heterocycles. The van der Waals surface area contributed by atoms with Crippen LogP contribution in [0.15, 0.2) is 45.8 Å². The topological polar surface area (TPSA) is 49.9 Å². The Bertz CT molecular complexity index is 895. The third-order valence-corrected chi connectivity index (χ3v) is 7.16. The van der Waals surface area contributed by atoms with E-state index in [1.54, 1.807) is 31.2 Å². The van der Waals surface area contributed by atoms with Gasteiger partial charge in [0.1, 0.15) is 11.6 Å². The third kappa shape index (κ3) is 3.72. The Hall–Kier alpha value is -1.64. The van der Waals surface area contributed by atoms with Crippen LogP contribution in [0.3, 0.4) is 0 Å². The molecule has 1 aliphatic heterocycles. The minimum atomic E-state index is -3.61. The van der Waals surface area contributed by atoms with Crippen LogP contribution >= 0.6 is 15.9 Å². The second-order valence-corrected chi connectivity index (χ2v) is 8.88. The molecule has 5 nitrogen and oxygen atoms in total. The zero-order valence-electron chi connectivity index (χ0n) is 14.6. The van der Waals surface area contributed by atoms with E-state index in [1.165, 1.54) is 23.5 Å². The Morgan fingerprint density at radius 2 is 1.69 bits per heavy atom. The maximum atomic E-state index is 13.1. The van der Waals surface area contributed by atoms with E-state index < -0.39 is 10.0 Å². The third-order valence-electron chi connectivity index (χ3n) is 4.50. The van der Waals surface area contributed by atoms with Gasteiger partial charge in [-0.25, -0.2) is 12.8 Å². The van der Waals surface area contributed by atoms with Crippen LogP contribution in [-0.4, -0.2) is 46.0 Å². The van der Waals surface area contributed by atoms with Gasteiger partial charge < -0.3 is 9.64 Å². The zero-order chi connectivity index (χ0) is 18.9. The second-order valence-electron chi connectivity index (χ2n) is 6.12. The van der Waals surface area contributed by atoms with Gasteiger partial charge in [0.25, 0.3) is 0 Å². The average molecular weight is 443 g/mol. The summed E-state index contributed by atoms with van der Waals surface area (Å²) in [5.74, 6) is 0.203. The van der Waals surface area contributed by atoms with Crippen LogP contribution in [0.2, 0.25) is 0 Å². The number of benzene rings is 2. The van der Waals surface area contributed by atoms with Gasteiger partial charge >= 0.3 is 0 Å². The van der Waals surface area contributed by atoms with Crippen molar-refractivity contribution in [1.82, 2.24) is 4.31 Å². The fraction of sp³-hybridized carbons (Fsp3) is 0.333. The van der Waals surface area contributed by atoms with Crippen molar-refractivity contribution in [3.8, 4) is 5.75 Å². The van der Waals surface area contributed by atoms with E-state index in [0.29, 0.717) is 37.5 Å². The maximum absolute atomic E-state index is 13.1. The van der Waals surface area contributed by atoms with Gasteiger partial charge in [-0.15, -0.1) is 0 Å². The van der Waals surface area contributed by atoms with Crippen LogP contribution in [0.5, 0.6) is 5.75 Å². The molecule has 2 aromatic rings. The summed E-state index contributed by atoms with van der Waals surface area (Å²) in [7, 11) is -2.10. The molecule has 0 aliphatic carbocycles. The van der Waals surface area contributed by atoms with Gasteiger partial charge in [-0.3, -0.25) is 0 Å². The lowest BCUT2D eigenvalue weighted by atomic mass is 10.2. The van der Waals surface area contributed by atoms with E-state index in [0.717, 1.165) is 10.2 Å². The number of halogens is 2. The zero-order valence-corrected chi connectivity index (χ0v) is 17.0. The molecule has 26 heavy (non-hydrogen) atoms. The number of aryl methyl sites for hydroxylation is 1. The highest BCUT2D eigenvalue weighted by Gasteiger charge is 2.30. The first-order valence-electron chi connectivity index (χ1n) is 8.17. The summed E-state index contributed by atoms with van der Waals surface area (Å²) in [6, 6.07) is 9.56. The van der Waals surface area contributed by atoms with Gasteiger partial charge in [0, 0.05) is 37.9 Å². The van der Waals surface area contributed by atoms with Crippen LogP contribution < -0.4 is 9.64 Å². The quantitative estimate of drug-likeness (QED) is 0.727. The van der Waals surface area contributed by atoms with E-state index in [9.17, 15) is 12.8 Å². The second kappa shape index (κ2) is 7.54. The number of piperazine rings is 1. The highest BCUT2D eigenvalue weighted by molar-refractivity contribution is 9.10. The van der Waals surface area contributed by atoms with Crippen molar-refractivity contribution in [3.63, 3.8) is 0 Å². The van der Waals surface area contributed by atoms with Crippen molar-refractivity contribution in [3.05, 3.63) is 52.3 Å². The van der Waals surface area contributed by atoms with E-state index in [1.807, 2.05) is 0 Å². The molecule has 0 amide bonds. The van der Waals surface area contributed by atoms with E-state index in [4.69, 9.17) is 4.74 Å². The molecule has 8 heteroatoms. The lowest BCUT2D eigenvalue weighted by Gasteiger charge is -2.35. The van der Waals surface area contributed by atoms with Crippen molar-refractivity contribution >= 4 is 31.6 Å². The normalized spacial score (nSPS) is 15.9. The molecule has 1 fully saturated rings. The largest absolute Gasteiger partial charge is 0.496 e. The molecular formula is C18H20BrFN2O3S. The smallest absolute Gasteiger partial charge is 0.243 e. The van der Waals surface area contributed by atoms with Crippen molar-refractivity contribution in [2.24, 2.45) is 0 Å². The van der Waals surface area contributed by atoms with E-state index in [2.05, 4.69) is 20.8 Å². The lowest BCUT2D eigenvalue weighted by Crippen LogP contribution is -2.48. The summed E-state index contributed by atoms with van der Waals surface area (Å²) in [5.41, 5.74) is 1.56. The van der Waals surface area contributed by atoms with Crippen molar-refractivity contribution in [1.29, 1.82) is 0 Å². The summed E-state index contributed by atoms with van der Waals surface area (Å²) in [6.07, 6.45) is 0. The molecule has 0 atom stereocenters. The van der Waals surface area contributed by atoms with Gasteiger partial charge in [-0.2, -0.15) is 4.31 Å². The molecular weight excluding hydrogens is 423 g/mol. The fourth-order valence-corrected chi connectivity index (χ4v) is 5.31. The highest BCUT2D eigenvalue weighted by atomic mass is 79.9. The van der Waals surface area contributed by atoms with E-state index in [-0.39, 0.29) is 10.7 Å². The number of sulfonamides is 1. The monoisotopic (exact) mass is 442 g/mol. The Morgan fingerprint density at radius 1 is 1.08 bits per heavy atom. The Labute approximate surface area is 161 Å². The fourth-order valence-electron chi connectivity index (χ4n) is 3.05. The van der Waals surface area contributed by atoms with E-state index >= 15 is 0 Å². The molecule has 2 aromatic carbocycles. The van der Waals surface area contributed by atoms with Crippen molar-refractivity contribution in [2.75, 3.05) is 38.2 Å². The van der Waals surface area contributed by atoms with Gasteiger partial charge in [0.15, 0.2) is 0 Å². The first-order valence-corrected chi connectivity index (χ1v) is 10.4. The predicted molar refractivity (Wildman–Crippen MR) is 103 cm³/mol. The first kappa shape index (κ1) is 19.1. The summed E-state index contributed by atoms with van der Waals surface area (Å²) in [5, 5.41) is 0. The van der Waals surface area contributed by atoms with Crippen LogP contribution in [0.4, 0.5) is 10.1 Å². The minimum absolute atomic E-state index is 0.257. The van der Waals surface area contributed by atoms with Crippen molar-refractivity contribution in [2.45, 2.75) is 11.8 Å². The molecule has 0 spiro atoms. The molecule has 0 unspecified atom stereocenters. The summed E-state index contributed by atoms with van der Waals surface area (Å²) in [4.78, 5) is 2.31. The molecule has 0 saturated carbocycles. The Kier molecular flexibility index (Phi) is 5.55. The molecule has 0 N–H and O–H groups in total. The molecule has 3 rings (SSSR count). The standard InChI is InChI=1S/C18H20BrFN2O3S/c1-13-11-16(19)17(25-2)12-18(13)26(23,24)22-9-7-21(8-10-22)15-5-3-14(20)4-6-15/h3-6,11-12H,7-10H2,1-2H3. The van der Waals surface area contributed by atoms with Crippen LogP contribution in [-0.2, 0) is 10.0 Å².